The molecule has 3 aromatic carbocycles. The van der Waals surface area contributed by atoms with Crippen molar-refractivity contribution in [3.8, 4) is 11.1 Å². The van der Waals surface area contributed by atoms with Gasteiger partial charge in [0.15, 0.2) is 0 Å². The van der Waals surface area contributed by atoms with Crippen LogP contribution in [0, 0.1) is 20.8 Å². The molecule has 0 atom stereocenters. The minimum absolute atomic E-state index is 0.622. The molecule has 122 valence electrons. The van der Waals surface area contributed by atoms with Crippen LogP contribution in [-0.4, -0.2) is 0 Å². The maximum Gasteiger partial charge on any atom is 0.0727 e. The zero-order valence-corrected chi connectivity index (χ0v) is 14.7. The highest BCUT2D eigenvalue weighted by Crippen LogP contribution is 2.30. The third-order valence-electron chi connectivity index (χ3n) is 4.73. The van der Waals surface area contributed by atoms with Gasteiger partial charge in [0, 0.05) is 0 Å². The second kappa shape index (κ2) is 7.46. The smallest absolute Gasteiger partial charge is 0.0727 e. The summed E-state index contributed by atoms with van der Waals surface area (Å²) >= 11 is 0. The highest BCUT2D eigenvalue weighted by molar-refractivity contribution is 5.72. The van der Waals surface area contributed by atoms with E-state index in [0.29, 0.717) is 13.2 Å². The first kappa shape index (κ1) is 16.5. The SMILES string of the molecule is Cc1ccc(-c2ccccc2COCc2ccccc2)c(C)c1C. The summed E-state index contributed by atoms with van der Waals surface area (Å²) in [6.07, 6.45) is 0. The number of rotatable bonds is 5. The van der Waals surface area contributed by atoms with Crippen molar-refractivity contribution in [3.63, 3.8) is 0 Å². The summed E-state index contributed by atoms with van der Waals surface area (Å²) in [5.74, 6) is 0. The summed E-state index contributed by atoms with van der Waals surface area (Å²) in [7, 11) is 0. The maximum absolute atomic E-state index is 5.96. The summed E-state index contributed by atoms with van der Waals surface area (Å²) in [6.45, 7) is 7.83. The van der Waals surface area contributed by atoms with Crippen molar-refractivity contribution in [2.45, 2.75) is 34.0 Å². The molecule has 1 nitrogen and oxygen atoms in total. The molecule has 0 saturated carbocycles. The van der Waals surface area contributed by atoms with Crippen LogP contribution in [0.1, 0.15) is 27.8 Å². The molecule has 0 amide bonds. The molecule has 0 aromatic heterocycles. The molecule has 0 spiro atoms. The topological polar surface area (TPSA) is 9.23 Å². The molecule has 3 aromatic rings. The van der Waals surface area contributed by atoms with Crippen LogP contribution in [0.5, 0.6) is 0 Å². The van der Waals surface area contributed by atoms with Crippen LogP contribution in [0.3, 0.4) is 0 Å². The number of aryl methyl sites for hydroxylation is 1. The zero-order chi connectivity index (χ0) is 16.9. The summed E-state index contributed by atoms with van der Waals surface area (Å²) in [4.78, 5) is 0. The van der Waals surface area contributed by atoms with E-state index in [1.165, 1.54) is 38.9 Å². The normalized spacial score (nSPS) is 10.8. The number of ether oxygens (including phenoxy) is 1. The molecule has 0 bridgehead atoms. The third kappa shape index (κ3) is 3.58. The van der Waals surface area contributed by atoms with Gasteiger partial charge in [-0.05, 0) is 59.7 Å². The summed E-state index contributed by atoms with van der Waals surface area (Å²) in [5.41, 5.74) is 9.08. The fourth-order valence-corrected chi connectivity index (χ4v) is 3.01. The van der Waals surface area contributed by atoms with Gasteiger partial charge in [-0.3, -0.25) is 0 Å². The molecule has 0 aliphatic rings. The van der Waals surface area contributed by atoms with Crippen molar-refractivity contribution in [2.24, 2.45) is 0 Å². The largest absolute Gasteiger partial charge is 0.372 e. The second-order valence-electron chi connectivity index (χ2n) is 6.32. The van der Waals surface area contributed by atoms with Crippen LogP contribution in [0.2, 0.25) is 0 Å². The average molecular weight is 316 g/mol. The monoisotopic (exact) mass is 316 g/mol. The minimum Gasteiger partial charge on any atom is -0.372 e. The standard InChI is InChI=1S/C23H24O/c1-17-13-14-22(19(3)18(17)2)23-12-8-7-11-21(23)16-24-15-20-9-5-4-6-10-20/h4-14H,15-16H2,1-3H3. The Morgan fingerprint density at radius 3 is 2.12 bits per heavy atom. The lowest BCUT2D eigenvalue weighted by atomic mass is 9.92. The van der Waals surface area contributed by atoms with E-state index in [9.17, 15) is 0 Å². The van der Waals surface area contributed by atoms with E-state index >= 15 is 0 Å². The van der Waals surface area contributed by atoms with Gasteiger partial charge in [-0.25, -0.2) is 0 Å². The lowest BCUT2D eigenvalue weighted by molar-refractivity contribution is 0.107. The lowest BCUT2D eigenvalue weighted by Gasteiger charge is -2.15. The Labute approximate surface area is 144 Å². The first-order valence-corrected chi connectivity index (χ1v) is 8.43. The molecular weight excluding hydrogens is 292 g/mol. The summed E-state index contributed by atoms with van der Waals surface area (Å²) in [5, 5.41) is 0. The van der Waals surface area contributed by atoms with Gasteiger partial charge in [0.25, 0.3) is 0 Å². The molecule has 1 heteroatoms. The lowest BCUT2D eigenvalue weighted by Crippen LogP contribution is -1.98. The van der Waals surface area contributed by atoms with Crippen molar-refractivity contribution in [3.05, 3.63) is 94.5 Å². The Bertz CT molecular complexity index is 819. The zero-order valence-electron chi connectivity index (χ0n) is 14.7. The summed E-state index contributed by atoms with van der Waals surface area (Å²) in [6, 6.07) is 23.3. The van der Waals surface area contributed by atoms with Crippen molar-refractivity contribution in [1.82, 2.24) is 0 Å². The van der Waals surface area contributed by atoms with Crippen LogP contribution in [0.4, 0.5) is 0 Å². The van der Waals surface area contributed by atoms with Crippen molar-refractivity contribution < 1.29 is 4.74 Å². The Kier molecular flexibility index (Phi) is 5.12. The Morgan fingerprint density at radius 2 is 1.33 bits per heavy atom. The minimum atomic E-state index is 0.622. The van der Waals surface area contributed by atoms with E-state index in [1.54, 1.807) is 0 Å². The highest BCUT2D eigenvalue weighted by Gasteiger charge is 2.10. The molecule has 0 radical (unpaired) electrons. The van der Waals surface area contributed by atoms with Crippen LogP contribution in [0.25, 0.3) is 11.1 Å². The molecule has 0 aliphatic heterocycles. The van der Waals surface area contributed by atoms with Gasteiger partial charge in [-0.15, -0.1) is 0 Å². The Balaban J connectivity index is 1.82. The third-order valence-corrected chi connectivity index (χ3v) is 4.73. The number of hydrogen-bond donors (Lipinski definition) is 0. The van der Waals surface area contributed by atoms with E-state index in [-0.39, 0.29) is 0 Å². The Hall–Kier alpha value is -2.38. The highest BCUT2D eigenvalue weighted by atomic mass is 16.5. The average Bonchev–Trinajstić information content (AvgIpc) is 2.62. The van der Waals surface area contributed by atoms with E-state index in [4.69, 9.17) is 4.74 Å². The molecule has 0 heterocycles. The van der Waals surface area contributed by atoms with Crippen LogP contribution in [-0.2, 0) is 18.0 Å². The number of hydrogen-bond acceptors (Lipinski definition) is 1. The van der Waals surface area contributed by atoms with Gasteiger partial charge in [0.1, 0.15) is 0 Å². The molecule has 0 N–H and O–H groups in total. The molecule has 0 unspecified atom stereocenters. The predicted octanol–water partition coefficient (Wildman–Crippen LogP) is 6.00. The van der Waals surface area contributed by atoms with Crippen LogP contribution >= 0.6 is 0 Å². The van der Waals surface area contributed by atoms with Gasteiger partial charge in [0.05, 0.1) is 13.2 Å². The van der Waals surface area contributed by atoms with Crippen molar-refractivity contribution in [2.75, 3.05) is 0 Å². The molecule has 0 fully saturated rings. The second-order valence-corrected chi connectivity index (χ2v) is 6.32. The molecular formula is C23H24O. The first-order chi connectivity index (χ1) is 11.7. The molecule has 0 saturated heterocycles. The Morgan fingerprint density at radius 1 is 0.625 bits per heavy atom. The van der Waals surface area contributed by atoms with E-state index < -0.39 is 0 Å². The number of benzene rings is 3. The maximum atomic E-state index is 5.96. The van der Waals surface area contributed by atoms with Gasteiger partial charge >= 0.3 is 0 Å². The molecule has 0 aliphatic carbocycles. The summed E-state index contributed by atoms with van der Waals surface area (Å²) < 4.78 is 5.96. The fraction of sp³-hybridized carbons (Fsp3) is 0.217. The van der Waals surface area contributed by atoms with Crippen LogP contribution in [0.15, 0.2) is 66.7 Å². The van der Waals surface area contributed by atoms with E-state index in [2.05, 4.69) is 69.3 Å². The van der Waals surface area contributed by atoms with Gasteiger partial charge < -0.3 is 4.74 Å². The predicted molar refractivity (Wildman–Crippen MR) is 101 cm³/mol. The fourth-order valence-electron chi connectivity index (χ4n) is 3.01. The van der Waals surface area contributed by atoms with Crippen LogP contribution < -0.4 is 0 Å². The first-order valence-electron chi connectivity index (χ1n) is 8.43. The van der Waals surface area contributed by atoms with E-state index in [0.717, 1.165) is 0 Å². The molecule has 3 rings (SSSR count). The quantitative estimate of drug-likeness (QED) is 0.561. The molecule has 24 heavy (non-hydrogen) atoms. The van der Waals surface area contributed by atoms with Gasteiger partial charge in [0.2, 0.25) is 0 Å². The van der Waals surface area contributed by atoms with Gasteiger partial charge in [-0.2, -0.15) is 0 Å². The van der Waals surface area contributed by atoms with Crippen molar-refractivity contribution >= 4 is 0 Å². The van der Waals surface area contributed by atoms with Crippen molar-refractivity contribution in [1.29, 1.82) is 0 Å². The van der Waals surface area contributed by atoms with Gasteiger partial charge in [-0.1, -0.05) is 66.7 Å². The van der Waals surface area contributed by atoms with E-state index in [1.807, 2.05) is 18.2 Å².